The highest BCUT2D eigenvalue weighted by Gasteiger charge is 2.54. The van der Waals surface area contributed by atoms with Crippen LogP contribution in [-0.2, 0) is 16.8 Å². The zero-order chi connectivity index (χ0) is 17.9. The molecule has 0 aromatic heterocycles. The molecule has 5 rings (SSSR count). The van der Waals surface area contributed by atoms with Crippen LogP contribution in [0.25, 0.3) is 0 Å². The van der Waals surface area contributed by atoms with Crippen molar-refractivity contribution >= 4 is 13.8 Å². The molecule has 0 saturated heterocycles. The maximum Gasteiger partial charge on any atom is 0.254 e. The fourth-order valence-electron chi connectivity index (χ4n) is 5.01. The Kier molecular flexibility index (Phi) is 3.44. The minimum atomic E-state index is -0.373. The highest BCUT2D eigenvalue weighted by Crippen LogP contribution is 2.57. The summed E-state index contributed by atoms with van der Waals surface area (Å²) in [6.45, 7) is 0.802. The molecule has 0 bridgehead atoms. The molecule has 2 saturated carbocycles. The van der Waals surface area contributed by atoms with Gasteiger partial charge in [0.1, 0.15) is 0 Å². The smallest absolute Gasteiger partial charge is 0.254 e. The third kappa shape index (κ3) is 2.38. The van der Waals surface area contributed by atoms with Gasteiger partial charge in [0.05, 0.1) is 13.4 Å². The van der Waals surface area contributed by atoms with Gasteiger partial charge in [-0.25, -0.2) is 0 Å². The molecule has 1 aromatic rings. The molecule has 1 spiro atoms. The van der Waals surface area contributed by atoms with Gasteiger partial charge in [0.2, 0.25) is 0 Å². The molecule has 4 aliphatic rings. The lowest BCUT2D eigenvalue weighted by molar-refractivity contribution is -0.130. The largest absolute Gasteiger partial charge is 0.391 e. The molecule has 132 valence electrons. The molecular weight excluding hydrogens is 319 g/mol. The van der Waals surface area contributed by atoms with Gasteiger partial charge in [-0.15, -0.1) is 0 Å². The number of allylic oxidation sites excluding steroid dienone is 2. The number of nitrogens with zero attached hydrogens (tertiary/aromatic N) is 1. The van der Waals surface area contributed by atoms with E-state index in [0.29, 0.717) is 5.92 Å². The van der Waals surface area contributed by atoms with Crippen molar-refractivity contribution < 1.29 is 4.79 Å². The summed E-state index contributed by atoms with van der Waals surface area (Å²) in [5, 5.41) is 2.88. The number of hydrogen-bond donors (Lipinski definition) is 1. The Morgan fingerprint density at radius 3 is 2.73 bits per heavy atom. The molecular formula is C22H25BN2O. The maximum absolute atomic E-state index is 13.5. The summed E-state index contributed by atoms with van der Waals surface area (Å²) in [4.78, 5) is 15.7. The first-order chi connectivity index (χ1) is 12.6. The summed E-state index contributed by atoms with van der Waals surface area (Å²) < 4.78 is 0. The lowest BCUT2D eigenvalue weighted by Crippen LogP contribution is -2.46. The average Bonchev–Trinajstić information content (AvgIpc) is 3.55. The lowest BCUT2D eigenvalue weighted by Gasteiger charge is -2.40. The first-order valence-corrected chi connectivity index (χ1v) is 9.86. The van der Waals surface area contributed by atoms with Crippen LogP contribution in [0.15, 0.2) is 47.7 Å². The van der Waals surface area contributed by atoms with Crippen LogP contribution in [0.4, 0.5) is 0 Å². The third-order valence-electron chi connectivity index (χ3n) is 6.76. The standard InChI is InChI=1S/C22H25BN2O/c1-24-18-12-16(13-21(23,14-18)17-6-7-17)20(26)25-11-8-15-4-2-3-5-19(15)22(25)9-10-22/h2-5,12-13,17,24H,6-11,14H2,1H3. The summed E-state index contributed by atoms with van der Waals surface area (Å²) >= 11 is 0. The van der Waals surface area contributed by atoms with Gasteiger partial charge in [0.25, 0.3) is 5.91 Å². The van der Waals surface area contributed by atoms with Crippen LogP contribution < -0.4 is 5.32 Å². The van der Waals surface area contributed by atoms with Gasteiger partial charge in [-0.05, 0) is 54.1 Å². The number of hydrogen-bond acceptors (Lipinski definition) is 2. The second-order valence-corrected chi connectivity index (χ2v) is 8.48. The zero-order valence-corrected chi connectivity index (χ0v) is 15.4. The Hall–Kier alpha value is -1.97. The molecule has 1 atom stereocenters. The predicted molar refractivity (Wildman–Crippen MR) is 104 cm³/mol. The quantitative estimate of drug-likeness (QED) is 0.854. The summed E-state index contributed by atoms with van der Waals surface area (Å²) in [6, 6.07) is 8.64. The predicted octanol–water partition coefficient (Wildman–Crippen LogP) is 3.23. The maximum atomic E-state index is 13.5. The van der Waals surface area contributed by atoms with Crippen molar-refractivity contribution in [1.82, 2.24) is 10.2 Å². The van der Waals surface area contributed by atoms with Gasteiger partial charge < -0.3 is 10.2 Å². The molecule has 2 radical (unpaired) electrons. The van der Waals surface area contributed by atoms with Crippen molar-refractivity contribution in [2.24, 2.45) is 5.92 Å². The molecule has 2 fully saturated rings. The van der Waals surface area contributed by atoms with E-state index in [1.54, 1.807) is 0 Å². The summed E-state index contributed by atoms with van der Waals surface area (Å²) in [6.07, 6.45) is 10.3. The van der Waals surface area contributed by atoms with Crippen molar-refractivity contribution in [3.05, 3.63) is 58.8 Å². The molecule has 1 aliphatic heterocycles. The molecule has 1 unspecified atom stereocenters. The third-order valence-corrected chi connectivity index (χ3v) is 6.76. The van der Waals surface area contributed by atoms with Crippen LogP contribution in [0.5, 0.6) is 0 Å². The van der Waals surface area contributed by atoms with Crippen molar-refractivity contribution in [2.45, 2.75) is 49.4 Å². The van der Waals surface area contributed by atoms with E-state index in [1.165, 1.54) is 24.0 Å². The molecule has 3 aliphatic carbocycles. The van der Waals surface area contributed by atoms with Crippen molar-refractivity contribution in [2.75, 3.05) is 13.6 Å². The van der Waals surface area contributed by atoms with Crippen LogP contribution in [0.1, 0.15) is 43.2 Å². The van der Waals surface area contributed by atoms with E-state index in [2.05, 4.69) is 40.6 Å². The molecule has 1 N–H and O–H groups in total. The number of rotatable bonds is 3. The van der Waals surface area contributed by atoms with Gasteiger partial charge in [0.15, 0.2) is 0 Å². The minimum absolute atomic E-state index is 0.0747. The van der Waals surface area contributed by atoms with E-state index in [1.807, 2.05) is 13.1 Å². The van der Waals surface area contributed by atoms with Crippen molar-refractivity contribution in [3.63, 3.8) is 0 Å². The summed E-state index contributed by atoms with van der Waals surface area (Å²) in [5.41, 5.74) is 4.54. The number of nitrogens with one attached hydrogen (secondary N) is 1. The molecule has 1 amide bonds. The van der Waals surface area contributed by atoms with Crippen LogP contribution in [0.2, 0.25) is 5.31 Å². The average molecular weight is 344 g/mol. The van der Waals surface area contributed by atoms with E-state index in [9.17, 15) is 4.79 Å². The number of carbonyl (C=O) groups excluding carboxylic acids is 1. The monoisotopic (exact) mass is 344 g/mol. The Morgan fingerprint density at radius 2 is 2.04 bits per heavy atom. The Balaban J connectivity index is 1.50. The van der Waals surface area contributed by atoms with Gasteiger partial charge >= 0.3 is 0 Å². The van der Waals surface area contributed by atoms with Gasteiger partial charge in [-0.1, -0.05) is 43.2 Å². The first kappa shape index (κ1) is 16.2. The van der Waals surface area contributed by atoms with Crippen LogP contribution in [0.3, 0.4) is 0 Å². The first-order valence-electron chi connectivity index (χ1n) is 9.86. The number of carbonyl (C=O) groups is 1. The highest BCUT2D eigenvalue weighted by atomic mass is 16.2. The van der Waals surface area contributed by atoms with Gasteiger partial charge in [0, 0.05) is 24.9 Å². The fraction of sp³-hybridized carbons (Fsp3) is 0.500. The van der Waals surface area contributed by atoms with Gasteiger partial charge in [-0.2, -0.15) is 0 Å². The molecule has 1 heterocycles. The molecule has 4 heteroatoms. The minimum Gasteiger partial charge on any atom is -0.391 e. The number of benzene rings is 1. The Bertz CT molecular complexity index is 834. The zero-order valence-electron chi connectivity index (χ0n) is 15.4. The van der Waals surface area contributed by atoms with Gasteiger partial charge in [-0.3, -0.25) is 4.79 Å². The normalized spacial score (nSPS) is 28.9. The molecule has 3 nitrogen and oxygen atoms in total. The van der Waals surface area contributed by atoms with Crippen molar-refractivity contribution in [3.8, 4) is 0 Å². The van der Waals surface area contributed by atoms with E-state index in [4.69, 9.17) is 7.85 Å². The second-order valence-electron chi connectivity index (χ2n) is 8.48. The number of amides is 1. The van der Waals surface area contributed by atoms with E-state index in [0.717, 1.165) is 43.5 Å². The van der Waals surface area contributed by atoms with E-state index >= 15 is 0 Å². The van der Waals surface area contributed by atoms with E-state index in [-0.39, 0.29) is 16.8 Å². The topological polar surface area (TPSA) is 32.3 Å². The van der Waals surface area contributed by atoms with Crippen LogP contribution >= 0.6 is 0 Å². The van der Waals surface area contributed by atoms with Crippen LogP contribution in [0, 0.1) is 5.92 Å². The molecule has 1 aromatic carbocycles. The second kappa shape index (κ2) is 5.51. The lowest BCUT2D eigenvalue weighted by atomic mass is 9.60. The van der Waals surface area contributed by atoms with E-state index < -0.39 is 0 Å². The highest BCUT2D eigenvalue weighted by molar-refractivity contribution is 6.18. The summed E-state index contributed by atoms with van der Waals surface area (Å²) in [7, 11) is 8.64. The Labute approximate surface area is 156 Å². The summed E-state index contributed by atoms with van der Waals surface area (Å²) in [5.74, 6) is 0.666. The SMILES string of the molecule is [B]C1(C2CC2)C=C(C(=O)N2CCc3ccccc3C23CC3)C=C(NC)C1. The molecule has 26 heavy (non-hydrogen) atoms. The fourth-order valence-corrected chi connectivity index (χ4v) is 5.01. The van der Waals surface area contributed by atoms with Crippen LogP contribution in [-0.4, -0.2) is 32.2 Å². The van der Waals surface area contributed by atoms with Crippen molar-refractivity contribution in [1.29, 1.82) is 0 Å². The Morgan fingerprint density at radius 1 is 1.27 bits per heavy atom. The number of fused-ring (bicyclic) bond motifs is 2.